The summed E-state index contributed by atoms with van der Waals surface area (Å²) in [6, 6.07) is 5.29. The summed E-state index contributed by atoms with van der Waals surface area (Å²) in [6.07, 6.45) is 5.45. The van der Waals surface area contributed by atoms with Crippen LogP contribution in [0.5, 0.6) is 0 Å². The van der Waals surface area contributed by atoms with Crippen molar-refractivity contribution in [3.63, 3.8) is 0 Å². The lowest BCUT2D eigenvalue weighted by molar-refractivity contribution is -0.716. The van der Waals surface area contributed by atoms with E-state index in [0.29, 0.717) is 6.04 Å². The van der Waals surface area contributed by atoms with E-state index in [2.05, 4.69) is 5.32 Å². The fraction of sp³-hybridized carbons (Fsp3) is 0.556. The fourth-order valence-corrected chi connectivity index (χ4v) is 3.16. The number of benzene rings is 1. The molecule has 0 bridgehead atoms. The molecular formula is C18H26N2O3. The molecule has 2 rings (SSSR count). The predicted octanol–water partition coefficient (Wildman–Crippen LogP) is 0.647. The minimum absolute atomic E-state index is 0.0633. The summed E-state index contributed by atoms with van der Waals surface area (Å²) in [4.78, 5) is 23.6. The van der Waals surface area contributed by atoms with Crippen molar-refractivity contribution in [1.82, 2.24) is 0 Å². The van der Waals surface area contributed by atoms with E-state index in [1.165, 1.54) is 6.42 Å². The van der Waals surface area contributed by atoms with Crippen molar-refractivity contribution >= 4 is 17.6 Å². The number of nitrogens with two attached hydrogens (primary N) is 1. The number of quaternary nitrogens is 1. The van der Waals surface area contributed by atoms with Gasteiger partial charge >= 0.3 is 0 Å². The van der Waals surface area contributed by atoms with Gasteiger partial charge in [-0.25, -0.2) is 0 Å². The van der Waals surface area contributed by atoms with Crippen molar-refractivity contribution in [1.29, 1.82) is 0 Å². The Hall–Kier alpha value is -1.88. The number of anilines is 1. The Morgan fingerprint density at radius 2 is 1.96 bits per heavy atom. The summed E-state index contributed by atoms with van der Waals surface area (Å²) < 4.78 is 0. The van der Waals surface area contributed by atoms with Gasteiger partial charge in [0.15, 0.2) is 0 Å². The average Bonchev–Trinajstić information content (AvgIpc) is 2.51. The zero-order chi connectivity index (χ0) is 16.8. The summed E-state index contributed by atoms with van der Waals surface area (Å²) in [5, 5.41) is 16.0. The van der Waals surface area contributed by atoms with E-state index in [4.69, 9.17) is 0 Å². The number of carboxylic acids is 1. The van der Waals surface area contributed by atoms with E-state index in [1.807, 2.05) is 37.4 Å². The quantitative estimate of drug-likeness (QED) is 0.807. The number of hydrogen-bond donors (Lipinski definition) is 2. The maximum atomic E-state index is 12.2. The number of amides is 1. The number of carbonyl (C=O) groups excluding carboxylic acids is 2. The van der Waals surface area contributed by atoms with Gasteiger partial charge in [-0.2, -0.15) is 0 Å². The maximum Gasteiger partial charge on any atom is 0.230 e. The van der Waals surface area contributed by atoms with Crippen LogP contribution in [0.15, 0.2) is 18.2 Å². The van der Waals surface area contributed by atoms with Crippen LogP contribution < -0.4 is 15.7 Å². The predicted molar refractivity (Wildman–Crippen MR) is 86.8 cm³/mol. The molecule has 1 atom stereocenters. The molecule has 0 saturated heterocycles. The maximum absolute atomic E-state index is 12.2. The van der Waals surface area contributed by atoms with E-state index < -0.39 is 12.0 Å². The highest BCUT2D eigenvalue weighted by molar-refractivity contribution is 5.94. The van der Waals surface area contributed by atoms with E-state index in [9.17, 15) is 14.7 Å². The van der Waals surface area contributed by atoms with Crippen molar-refractivity contribution in [2.75, 3.05) is 5.32 Å². The zero-order valence-electron chi connectivity index (χ0n) is 13.9. The van der Waals surface area contributed by atoms with Crippen molar-refractivity contribution in [3.8, 4) is 0 Å². The molecule has 0 aliphatic heterocycles. The Morgan fingerprint density at radius 1 is 1.26 bits per heavy atom. The number of nitrogens with one attached hydrogen (secondary N) is 1. The molecule has 5 nitrogen and oxygen atoms in total. The molecule has 1 saturated carbocycles. The van der Waals surface area contributed by atoms with Crippen LogP contribution in [0.3, 0.4) is 0 Å². The van der Waals surface area contributed by atoms with Gasteiger partial charge in [0.05, 0.1) is 18.4 Å². The van der Waals surface area contributed by atoms with Crippen LogP contribution >= 0.6 is 0 Å². The van der Waals surface area contributed by atoms with E-state index in [1.54, 1.807) is 0 Å². The molecule has 1 fully saturated rings. The van der Waals surface area contributed by atoms with Crippen molar-refractivity contribution in [2.45, 2.75) is 64.5 Å². The van der Waals surface area contributed by atoms with Crippen molar-refractivity contribution in [2.24, 2.45) is 0 Å². The Balaban J connectivity index is 1.94. The highest BCUT2D eigenvalue weighted by atomic mass is 16.4. The fourth-order valence-electron chi connectivity index (χ4n) is 3.16. The van der Waals surface area contributed by atoms with Gasteiger partial charge in [0.2, 0.25) is 5.91 Å². The van der Waals surface area contributed by atoms with Gasteiger partial charge in [0, 0.05) is 5.69 Å². The zero-order valence-corrected chi connectivity index (χ0v) is 13.9. The molecule has 0 heterocycles. The molecule has 1 amide bonds. The van der Waals surface area contributed by atoms with Gasteiger partial charge in [-0.3, -0.25) is 4.79 Å². The number of aliphatic carboxylic acids is 1. The molecule has 1 aromatic carbocycles. The second-order valence-electron chi connectivity index (χ2n) is 6.59. The van der Waals surface area contributed by atoms with Gasteiger partial charge in [-0.1, -0.05) is 18.6 Å². The van der Waals surface area contributed by atoms with Crippen LogP contribution in [0.1, 0.15) is 49.7 Å². The van der Waals surface area contributed by atoms with Crippen LogP contribution in [-0.2, 0) is 9.59 Å². The third kappa shape index (κ3) is 5.36. The van der Waals surface area contributed by atoms with Gasteiger partial charge in [0.1, 0.15) is 6.04 Å². The molecule has 1 aliphatic rings. The number of hydrogen-bond acceptors (Lipinski definition) is 3. The molecular weight excluding hydrogens is 292 g/mol. The number of carboxylic acid groups (broad SMARTS) is 1. The highest BCUT2D eigenvalue weighted by Crippen LogP contribution is 2.17. The molecule has 1 aromatic rings. The third-order valence-electron chi connectivity index (χ3n) is 4.53. The molecule has 0 radical (unpaired) electrons. The molecule has 1 aliphatic carbocycles. The minimum Gasteiger partial charge on any atom is -0.544 e. The number of rotatable bonds is 6. The summed E-state index contributed by atoms with van der Waals surface area (Å²) in [5.41, 5.74) is 2.76. The lowest BCUT2D eigenvalue weighted by Gasteiger charge is -2.25. The molecule has 0 aromatic heterocycles. The summed E-state index contributed by atoms with van der Waals surface area (Å²) in [7, 11) is 0. The average molecular weight is 318 g/mol. The van der Waals surface area contributed by atoms with E-state index in [0.717, 1.165) is 42.5 Å². The first kappa shape index (κ1) is 17.5. The smallest absolute Gasteiger partial charge is 0.230 e. The second-order valence-corrected chi connectivity index (χ2v) is 6.59. The Kier molecular flexibility index (Phi) is 6.16. The van der Waals surface area contributed by atoms with Crippen LogP contribution in [-0.4, -0.2) is 24.0 Å². The third-order valence-corrected chi connectivity index (χ3v) is 4.53. The largest absolute Gasteiger partial charge is 0.544 e. The minimum atomic E-state index is -1.16. The summed E-state index contributed by atoms with van der Waals surface area (Å²) >= 11 is 0. The topological polar surface area (TPSA) is 85.8 Å². The van der Waals surface area contributed by atoms with Gasteiger partial charge in [0.25, 0.3) is 0 Å². The molecule has 5 heteroatoms. The Bertz CT molecular complexity index is 565. The molecule has 0 unspecified atom stereocenters. The Morgan fingerprint density at radius 3 is 2.61 bits per heavy atom. The molecule has 0 spiro atoms. The Labute approximate surface area is 137 Å². The molecule has 3 N–H and O–H groups in total. The summed E-state index contributed by atoms with van der Waals surface area (Å²) in [6.45, 7) is 3.87. The van der Waals surface area contributed by atoms with Gasteiger partial charge in [-0.15, -0.1) is 0 Å². The highest BCUT2D eigenvalue weighted by Gasteiger charge is 2.24. The SMILES string of the molecule is Cc1ccc(C)c(NC(=O)C[C@H]([NH2+]C2CCCCC2)C(=O)[O-])c1. The van der Waals surface area contributed by atoms with Crippen molar-refractivity contribution < 1.29 is 20.0 Å². The van der Waals surface area contributed by atoms with Crippen LogP contribution in [0.2, 0.25) is 0 Å². The first-order valence-electron chi connectivity index (χ1n) is 8.38. The second kappa shape index (κ2) is 8.11. The normalized spacial score (nSPS) is 16.8. The molecule has 126 valence electrons. The first-order valence-corrected chi connectivity index (χ1v) is 8.38. The van der Waals surface area contributed by atoms with Crippen LogP contribution in [0.4, 0.5) is 5.69 Å². The number of carbonyl (C=O) groups is 2. The lowest BCUT2D eigenvalue weighted by Crippen LogP contribution is -2.98. The van der Waals surface area contributed by atoms with Crippen LogP contribution in [0.25, 0.3) is 0 Å². The van der Waals surface area contributed by atoms with Gasteiger partial charge < -0.3 is 20.5 Å². The number of aryl methyl sites for hydroxylation is 2. The van der Waals surface area contributed by atoms with Crippen LogP contribution in [0, 0.1) is 13.8 Å². The lowest BCUT2D eigenvalue weighted by atomic mass is 9.94. The standard InChI is InChI=1S/C18H26N2O3/c1-12-8-9-13(2)15(10-12)20-17(21)11-16(18(22)23)19-14-6-4-3-5-7-14/h8-10,14,16,19H,3-7,11H2,1-2H3,(H,20,21)(H,22,23)/t16-/m0/s1. The monoisotopic (exact) mass is 318 g/mol. The summed E-state index contributed by atoms with van der Waals surface area (Å²) in [5.74, 6) is -1.44. The first-order chi connectivity index (χ1) is 11.0. The van der Waals surface area contributed by atoms with Gasteiger partial charge in [-0.05, 0) is 56.7 Å². The van der Waals surface area contributed by atoms with E-state index >= 15 is 0 Å². The molecule has 23 heavy (non-hydrogen) atoms. The van der Waals surface area contributed by atoms with E-state index in [-0.39, 0.29) is 12.3 Å². The van der Waals surface area contributed by atoms with Crippen molar-refractivity contribution in [3.05, 3.63) is 29.3 Å².